The van der Waals surface area contributed by atoms with Gasteiger partial charge in [-0.05, 0) is 37.0 Å². The molecule has 146 valence electrons. The van der Waals surface area contributed by atoms with Crippen LogP contribution in [-0.2, 0) is 11.0 Å². The number of carbonyl (C=O) groups is 1. The van der Waals surface area contributed by atoms with Gasteiger partial charge in [-0.2, -0.15) is 13.2 Å². The first kappa shape index (κ1) is 20.9. The molecule has 2 rings (SSSR count). The lowest BCUT2D eigenvalue weighted by atomic mass is 9.90. The Hall–Kier alpha value is -1.43. The first-order chi connectivity index (χ1) is 12.4. The van der Waals surface area contributed by atoms with Crippen LogP contribution in [0.5, 0.6) is 5.75 Å². The summed E-state index contributed by atoms with van der Waals surface area (Å²) in [5.74, 6) is -0.628. The van der Waals surface area contributed by atoms with Gasteiger partial charge in [0.1, 0.15) is 11.6 Å². The van der Waals surface area contributed by atoms with E-state index in [2.05, 4.69) is 0 Å². The van der Waals surface area contributed by atoms with E-state index in [1.54, 1.807) is 0 Å². The van der Waals surface area contributed by atoms with Crippen molar-refractivity contribution in [2.24, 2.45) is 5.92 Å². The minimum absolute atomic E-state index is 0.214. The van der Waals surface area contributed by atoms with Gasteiger partial charge in [0.25, 0.3) is 0 Å². The van der Waals surface area contributed by atoms with Crippen LogP contribution in [0.25, 0.3) is 0 Å². The zero-order chi connectivity index (χ0) is 19.2. The lowest BCUT2D eigenvalue weighted by Crippen LogP contribution is -2.36. The minimum Gasteiger partial charge on any atom is -0.496 e. The van der Waals surface area contributed by atoms with Crippen LogP contribution in [0.15, 0.2) is 18.2 Å². The van der Waals surface area contributed by atoms with Crippen molar-refractivity contribution < 1.29 is 22.7 Å². The molecule has 7 heteroatoms. The van der Waals surface area contributed by atoms with Gasteiger partial charge in [-0.3, -0.25) is 4.79 Å². The number of carbonyl (C=O) groups excluding carboxylic acids is 1. The smallest absolute Gasteiger partial charge is 0.420 e. The molecule has 1 saturated carbocycles. The Bertz CT molecular complexity index is 599. The van der Waals surface area contributed by atoms with E-state index >= 15 is 0 Å². The second-order valence-corrected chi connectivity index (χ2v) is 7.00. The Morgan fingerprint density at radius 3 is 2.35 bits per heavy atom. The third-order valence-corrected chi connectivity index (χ3v) is 5.11. The van der Waals surface area contributed by atoms with E-state index in [-0.39, 0.29) is 29.1 Å². The number of rotatable bonds is 5. The number of methoxy groups -OCH3 is 1. The van der Waals surface area contributed by atoms with Crippen LogP contribution in [0.4, 0.5) is 18.9 Å². The van der Waals surface area contributed by atoms with Crippen LogP contribution in [0.3, 0.4) is 0 Å². The van der Waals surface area contributed by atoms with Crippen LogP contribution >= 0.6 is 11.6 Å². The predicted octanol–water partition coefficient (Wildman–Crippen LogP) is 5.65. The molecule has 0 saturated heterocycles. The SMILES string of the molecule is COc1ccc(N(CC2CCCCCCC2)C(=O)CCl)cc1C(F)(F)F. The Labute approximate surface area is 157 Å². The molecule has 1 aliphatic carbocycles. The zero-order valence-corrected chi connectivity index (χ0v) is 15.7. The number of ether oxygens (including phenoxy) is 1. The third kappa shape index (κ3) is 5.53. The van der Waals surface area contributed by atoms with E-state index < -0.39 is 11.7 Å². The summed E-state index contributed by atoms with van der Waals surface area (Å²) in [5, 5.41) is 0. The van der Waals surface area contributed by atoms with Crippen LogP contribution in [0.2, 0.25) is 0 Å². The molecule has 0 aromatic heterocycles. The van der Waals surface area contributed by atoms with E-state index in [1.165, 1.54) is 43.4 Å². The van der Waals surface area contributed by atoms with Gasteiger partial charge in [-0.25, -0.2) is 0 Å². The monoisotopic (exact) mass is 391 g/mol. The zero-order valence-electron chi connectivity index (χ0n) is 14.9. The number of benzene rings is 1. The summed E-state index contributed by atoms with van der Waals surface area (Å²) in [7, 11) is 1.19. The molecule has 1 aromatic carbocycles. The molecule has 1 fully saturated rings. The quantitative estimate of drug-likeness (QED) is 0.607. The first-order valence-corrected chi connectivity index (χ1v) is 9.52. The summed E-state index contributed by atoms with van der Waals surface area (Å²) in [6.45, 7) is 0.398. The molecule has 3 nitrogen and oxygen atoms in total. The molecule has 1 amide bonds. The summed E-state index contributed by atoms with van der Waals surface area (Å²) in [6, 6.07) is 3.72. The number of halogens is 4. The Morgan fingerprint density at radius 1 is 1.19 bits per heavy atom. The maximum atomic E-state index is 13.3. The highest BCUT2D eigenvalue weighted by Crippen LogP contribution is 2.39. The number of nitrogens with zero attached hydrogens (tertiary/aromatic N) is 1. The molecule has 0 aliphatic heterocycles. The molecule has 0 atom stereocenters. The van der Waals surface area contributed by atoms with Crippen molar-refractivity contribution in [2.75, 3.05) is 24.4 Å². The largest absolute Gasteiger partial charge is 0.496 e. The maximum absolute atomic E-state index is 13.3. The lowest BCUT2D eigenvalue weighted by Gasteiger charge is -2.29. The highest BCUT2D eigenvalue weighted by atomic mass is 35.5. The molecule has 0 spiro atoms. The lowest BCUT2D eigenvalue weighted by molar-refractivity contribution is -0.138. The van der Waals surface area contributed by atoms with Crippen molar-refractivity contribution in [1.29, 1.82) is 0 Å². The van der Waals surface area contributed by atoms with Crippen molar-refractivity contribution in [3.8, 4) is 5.75 Å². The highest BCUT2D eigenvalue weighted by Gasteiger charge is 2.35. The molecule has 0 N–H and O–H groups in total. The number of anilines is 1. The van der Waals surface area contributed by atoms with Crippen molar-refractivity contribution in [3.63, 3.8) is 0 Å². The predicted molar refractivity (Wildman–Crippen MR) is 96.9 cm³/mol. The van der Waals surface area contributed by atoms with Crippen molar-refractivity contribution in [1.82, 2.24) is 0 Å². The van der Waals surface area contributed by atoms with E-state index in [1.807, 2.05) is 0 Å². The maximum Gasteiger partial charge on any atom is 0.420 e. The molecular formula is C19H25ClF3NO2. The summed E-state index contributed by atoms with van der Waals surface area (Å²) < 4.78 is 44.8. The van der Waals surface area contributed by atoms with Gasteiger partial charge in [-0.1, -0.05) is 32.1 Å². The van der Waals surface area contributed by atoms with Gasteiger partial charge >= 0.3 is 6.18 Å². The number of hydrogen-bond acceptors (Lipinski definition) is 2. The average Bonchev–Trinajstić information content (AvgIpc) is 2.59. The molecule has 0 unspecified atom stereocenters. The fraction of sp³-hybridized carbons (Fsp3) is 0.632. The molecule has 26 heavy (non-hydrogen) atoms. The van der Waals surface area contributed by atoms with Gasteiger partial charge in [0.2, 0.25) is 5.91 Å². The molecule has 1 aromatic rings. The molecule has 1 aliphatic rings. The van der Waals surface area contributed by atoms with Crippen molar-refractivity contribution >= 4 is 23.2 Å². The van der Waals surface area contributed by atoms with E-state index in [0.29, 0.717) is 6.54 Å². The molecule has 0 bridgehead atoms. The normalized spacial score (nSPS) is 16.7. The van der Waals surface area contributed by atoms with Gasteiger partial charge < -0.3 is 9.64 Å². The van der Waals surface area contributed by atoms with Gasteiger partial charge in [0.05, 0.1) is 12.7 Å². The second kappa shape index (κ2) is 9.49. The fourth-order valence-corrected chi connectivity index (χ4v) is 3.63. The van der Waals surface area contributed by atoms with Crippen LogP contribution in [0, 0.1) is 5.92 Å². The third-order valence-electron chi connectivity index (χ3n) is 4.88. The molecule has 0 radical (unpaired) electrons. The van der Waals surface area contributed by atoms with Crippen molar-refractivity contribution in [2.45, 2.75) is 51.1 Å². The van der Waals surface area contributed by atoms with Crippen LogP contribution < -0.4 is 9.64 Å². The van der Waals surface area contributed by atoms with Crippen LogP contribution in [-0.4, -0.2) is 25.4 Å². The summed E-state index contributed by atoms with van der Waals surface area (Å²) in [4.78, 5) is 13.7. The Balaban J connectivity index is 2.29. The van der Waals surface area contributed by atoms with Gasteiger partial charge in [0.15, 0.2) is 0 Å². The fourth-order valence-electron chi connectivity index (χ4n) is 3.49. The number of amides is 1. The molecular weight excluding hydrogens is 367 g/mol. The number of alkyl halides is 4. The topological polar surface area (TPSA) is 29.5 Å². The molecule has 0 heterocycles. The minimum atomic E-state index is -4.56. The summed E-state index contributed by atoms with van der Waals surface area (Å²) >= 11 is 5.72. The Morgan fingerprint density at radius 2 is 1.81 bits per heavy atom. The highest BCUT2D eigenvalue weighted by molar-refractivity contribution is 6.29. The van der Waals surface area contributed by atoms with Crippen LogP contribution in [0.1, 0.15) is 50.5 Å². The number of hydrogen-bond donors (Lipinski definition) is 0. The summed E-state index contributed by atoms with van der Waals surface area (Å²) in [6.07, 6.45) is 3.14. The second-order valence-electron chi connectivity index (χ2n) is 6.73. The first-order valence-electron chi connectivity index (χ1n) is 8.98. The van der Waals surface area contributed by atoms with E-state index in [4.69, 9.17) is 16.3 Å². The Kier molecular flexibility index (Phi) is 7.62. The summed E-state index contributed by atoms with van der Waals surface area (Å²) in [5.41, 5.74) is -0.673. The van der Waals surface area contributed by atoms with E-state index in [0.717, 1.165) is 31.7 Å². The standard InChI is InChI=1S/C19H25ClF3NO2/c1-26-17-10-9-15(11-16(17)19(21,22)23)24(18(25)12-20)13-14-7-5-3-2-4-6-8-14/h9-11,14H,2-8,12-13H2,1H3. The van der Waals surface area contributed by atoms with Gasteiger partial charge in [-0.15, -0.1) is 11.6 Å². The van der Waals surface area contributed by atoms with Gasteiger partial charge in [0, 0.05) is 12.2 Å². The van der Waals surface area contributed by atoms with Crippen molar-refractivity contribution in [3.05, 3.63) is 23.8 Å². The van der Waals surface area contributed by atoms with E-state index in [9.17, 15) is 18.0 Å². The average molecular weight is 392 g/mol.